The van der Waals surface area contributed by atoms with Gasteiger partial charge in [0, 0.05) is 20.1 Å². The minimum atomic E-state index is -1.57. The standard InChI is InChI=1S/C21H26O2Si/c1-17(16-24(2,3)4)15-21(23,19-13-9-6-10-14-19)20(22)18-11-7-5-8-12-18/h5-14,23H,1,15-16H2,2-4H3. The van der Waals surface area contributed by atoms with Crippen LogP contribution in [0.5, 0.6) is 0 Å². The molecular weight excluding hydrogens is 312 g/mol. The zero-order valence-electron chi connectivity index (χ0n) is 14.8. The summed E-state index contributed by atoms with van der Waals surface area (Å²) in [6.45, 7) is 10.9. The van der Waals surface area contributed by atoms with E-state index in [0.717, 1.165) is 11.6 Å². The smallest absolute Gasteiger partial charge is 0.199 e. The molecule has 0 bridgehead atoms. The summed E-state index contributed by atoms with van der Waals surface area (Å²) in [4.78, 5) is 13.1. The molecule has 0 aliphatic rings. The van der Waals surface area contributed by atoms with Gasteiger partial charge >= 0.3 is 0 Å². The van der Waals surface area contributed by atoms with Crippen LogP contribution in [0.15, 0.2) is 72.8 Å². The first-order chi connectivity index (χ1) is 11.2. The van der Waals surface area contributed by atoms with E-state index >= 15 is 0 Å². The average molecular weight is 339 g/mol. The summed E-state index contributed by atoms with van der Waals surface area (Å²) >= 11 is 0. The van der Waals surface area contributed by atoms with E-state index in [2.05, 4.69) is 26.2 Å². The largest absolute Gasteiger partial charge is 0.377 e. The number of rotatable bonds is 7. The predicted molar refractivity (Wildman–Crippen MR) is 103 cm³/mol. The zero-order valence-corrected chi connectivity index (χ0v) is 15.8. The van der Waals surface area contributed by atoms with Gasteiger partial charge in [-0.05, 0) is 11.6 Å². The third-order valence-electron chi connectivity index (χ3n) is 3.95. The molecule has 0 heterocycles. The van der Waals surface area contributed by atoms with E-state index in [-0.39, 0.29) is 12.2 Å². The van der Waals surface area contributed by atoms with E-state index in [1.807, 2.05) is 48.5 Å². The Hall–Kier alpha value is -1.97. The first kappa shape index (κ1) is 18.4. The van der Waals surface area contributed by atoms with Gasteiger partial charge in [0.2, 0.25) is 0 Å². The zero-order chi connectivity index (χ0) is 17.8. The summed E-state index contributed by atoms with van der Waals surface area (Å²) in [6.07, 6.45) is 0.259. The molecule has 1 N–H and O–H groups in total. The van der Waals surface area contributed by atoms with E-state index in [4.69, 9.17) is 0 Å². The Morgan fingerprint density at radius 1 is 1.00 bits per heavy atom. The van der Waals surface area contributed by atoms with Crippen LogP contribution in [0.2, 0.25) is 25.7 Å². The predicted octanol–water partition coefficient (Wildman–Crippen LogP) is 5.04. The molecule has 0 saturated heterocycles. The van der Waals surface area contributed by atoms with E-state index in [1.54, 1.807) is 12.1 Å². The molecule has 0 aromatic heterocycles. The summed E-state index contributed by atoms with van der Waals surface area (Å²) < 4.78 is 0. The molecular formula is C21H26O2Si. The summed E-state index contributed by atoms with van der Waals surface area (Å²) in [6, 6.07) is 19.1. The van der Waals surface area contributed by atoms with Gasteiger partial charge in [0.1, 0.15) is 0 Å². The number of hydrogen-bond donors (Lipinski definition) is 1. The van der Waals surface area contributed by atoms with Gasteiger partial charge in [0.15, 0.2) is 11.4 Å². The first-order valence-corrected chi connectivity index (χ1v) is 12.0. The van der Waals surface area contributed by atoms with Gasteiger partial charge < -0.3 is 5.11 Å². The van der Waals surface area contributed by atoms with Crippen molar-refractivity contribution < 1.29 is 9.90 Å². The quantitative estimate of drug-likeness (QED) is 0.436. The van der Waals surface area contributed by atoms with Gasteiger partial charge in [-0.15, -0.1) is 6.58 Å². The first-order valence-electron chi connectivity index (χ1n) is 8.27. The summed E-state index contributed by atoms with van der Waals surface area (Å²) in [7, 11) is -1.36. The number of Topliss-reactive ketones (excluding diaryl/α,β-unsaturated/α-hetero) is 1. The Bertz CT molecular complexity index is 702. The molecule has 0 aliphatic carbocycles. The van der Waals surface area contributed by atoms with Crippen LogP contribution >= 0.6 is 0 Å². The van der Waals surface area contributed by atoms with Gasteiger partial charge in [0.05, 0.1) is 0 Å². The molecule has 2 rings (SSSR count). The maximum Gasteiger partial charge on any atom is 0.199 e. The van der Waals surface area contributed by atoms with Crippen molar-refractivity contribution in [1.29, 1.82) is 0 Å². The van der Waals surface area contributed by atoms with Crippen LogP contribution in [0.1, 0.15) is 22.3 Å². The fourth-order valence-electron chi connectivity index (χ4n) is 3.03. The molecule has 2 aromatic rings. The number of aliphatic hydroxyl groups is 1. The van der Waals surface area contributed by atoms with Crippen molar-refractivity contribution in [2.75, 3.05) is 0 Å². The van der Waals surface area contributed by atoms with E-state index in [1.165, 1.54) is 0 Å². The topological polar surface area (TPSA) is 37.3 Å². The second kappa shape index (κ2) is 7.28. The Balaban J connectivity index is 2.39. The fraction of sp³-hybridized carbons (Fsp3) is 0.286. The van der Waals surface area contributed by atoms with Gasteiger partial charge in [-0.3, -0.25) is 4.79 Å². The number of carbonyl (C=O) groups is 1. The molecule has 0 aliphatic heterocycles. The summed E-state index contributed by atoms with van der Waals surface area (Å²) in [5.41, 5.74) is 0.504. The summed E-state index contributed by atoms with van der Waals surface area (Å²) in [5.74, 6) is -0.272. The molecule has 2 aromatic carbocycles. The minimum absolute atomic E-state index is 0.259. The Kier molecular flexibility index (Phi) is 5.57. The SMILES string of the molecule is C=C(CC(O)(C(=O)c1ccccc1)c1ccccc1)C[Si](C)(C)C. The second-order valence-corrected chi connectivity index (χ2v) is 13.1. The van der Waals surface area contributed by atoms with Gasteiger partial charge in [-0.2, -0.15) is 0 Å². The average Bonchev–Trinajstić information content (AvgIpc) is 2.54. The van der Waals surface area contributed by atoms with Crippen molar-refractivity contribution in [2.45, 2.75) is 37.7 Å². The van der Waals surface area contributed by atoms with E-state index in [0.29, 0.717) is 11.1 Å². The molecule has 0 radical (unpaired) electrons. The number of ketones is 1. The van der Waals surface area contributed by atoms with Crippen molar-refractivity contribution in [3.8, 4) is 0 Å². The number of benzene rings is 2. The normalized spacial score (nSPS) is 14.0. The van der Waals surface area contributed by atoms with Crippen molar-refractivity contribution in [1.82, 2.24) is 0 Å². The second-order valence-electron chi connectivity index (χ2n) is 7.59. The van der Waals surface area contributed by atoms with Gasteiger partial charge in [0.25, 0.3) is 0 Å². The lowest BCUT2D eigenvalue weighted by atomic mass is 9.81. The third kappa shape index (κ3) is 4.53. The maximum absolute atomic E-state index is 13.1. The van der Waals surface area contributed by atoms with Crippen molar-refractivity contribution in [2.24, 2.45) is 0 Å². The van der Waals surface area contributed by atoms with Crippen LogP contribution in [-0.2, 0) is 5.60 Å². The molecule has 1 unspecified atom stereocenters. The third-order valence-corrected chi connectivity index (χ3v) is 5.51. The van der Waals surface area contributed by atoms with Gasteiger partial charge in [-0.25, -0.2) is 0 Å². The molecule has 0 fully saturated rings. The molecule has 0 saturated carbocycles. The van der Waals surface area contributed by atoms with E-state index < -0.39 is 13.7 Å². The Morgan fingerprint density at radius 2 is 1.50 bits per heavy atom. The highest BCUT2D eigenvalue weighted by Crippen LogP contribution is 2.34. The van der Waals surface area contributed by atoms with Crippen molar-refractivity contribution >= 4 is 13.9 Å². The molecule has 0 amide bonds. The lowest BCUT2D eigenvalue weighted by Crippen LogP contribution is -2.37. The van der Waals surface area contributed by atoms with Crippen LogP contribution in [0, 0.1) is 0 Å². The summed E-state index contributed by atoms with van der Waals surface area (Å²) in [5, 5.41) is 11.4. The van der Waals surface area contributed by atoms with E-state index in [9.17, 15) is 9.90 Å². The van der Waals surface area contributed by atoms with Crippen molar-refractivity contribution in [3.05, 3.63) is 83.9 Å². The number of hydrogen-bond acceptors (Lipinski definition) is 2. The van der Waals surface area contributed by atoms with Crippen LogP contribution in [0.4, 0.5) is 0 Å². The number of carbonyl (C=O) groups excluding carboxylic acids is 1. The fourth-order valence-corrected chi connectivity index (χ4v) is 4.65. The van der Waals surface area contributed by atoms with Gasteiger partial charge in [-0.1, -0.05) is 85.9 Å². The van der Waals surface area contributed by atoms with Crippen LogP contribution in [-0.4, -0.2) is 19.0 Å². The highest BCUT2D eigenvalue weighted by molar-refractivity contribution is 6.76. The van der Waals surface area contributed by atoms with Crippen molar-refractivity contribution in [3.63, 3.8) is 0 Å². The Morgan fingerprint density at radius 3 is 2.00 bits per heavy atom. The lowest BCUT2D eigenvalue weighted by Gasteiger charge is -2.30. The molecule has 2 nitrogen and oxygen atoms in total. The minimum Gasteiger partial charge on any atom is -0.377 e. The lowest BCUT2D eigenvalue weighted by molar-refractivity contribution is 0.0299. The monoisotopic (exact) mass is 338 g/mol. The maximum atomic E-state index is 13.1. The van der Waals surface area contributed by atoms with Crippen LogP contribution in [0.25, 0.3) is 0 Å². The molecule has 126 valence electrons. The molecule has 24 heavy (non-hydrogen) atoms. The highest BCUT2D eigenvalue weighted by atomic mass is 28.3. The molecule has 1 atom stereocenters. The van der Waals surface area contributed by atoms with Crippen LogP contribution < -0.4 is 0 Å². The highest BCUT2D eigenvalue weighted by Gasteiger charge is 2.39. The molecule has 0 spiro atoms. The van der Waals surface area contributed by atoms with Crippen LogP contribution in [0.3, 0.4) is 0 Å². The Labute approximate surface area is 145 Å². The molecule has 3 heteroatoms.